The van der Waals surface area contributed by atoms with E-state index in [9.17, 15) is 9.59 Å². The van der Waals surface area contributed by atoms with Crippen LogP contribution in [-0.2, 0) is 10.3 Å². The number of urea groups is 1. The van der Waals surface area contributed by atoms with Crippen LogP contribution in [0.1, 0.15) is 12.5 Å². The highest BCUT2D eigenvalue weighted by atomic mass is 16.2. The van der Waals surface area contributed by atoms with Gasteiger partial charge in [-0.05, 0) is 12.5 Å². The third kappa shape index (κ3) is 1.58. The minimum atomic E-state index is -0.899. The molecule has 78 valence electrons. The van der Waals surface area contributed by atoms with Gasteiger partial charge in [0.15, 0.2) is 5.78 Å². The summed E-state index contributed by atoms with van der Waals surface area (Å²) in [6.07, 6.45) is 0. The van der Waals surface area contributed by atoms with Crippen LogP contribution in [0.4, 0.5) is 4.79 Å². The van der Waals surface area contributed by atoms with Crippen LogP contribution in [-0.4, -0.2) is 18.4 Å². The number of hydrogen-bond donors (Lipinski definition) is 2. The summed E-state index contributed by atoms with van der Waals surface area (Å²) in [5.74, 6) is -0.0340. The van der Waals surface area contributed by atoms with Crippen molar-refractivity contribution in [3.63, 3.8) is 0 Å². The first-order chi connectivity index (χ1) is 7.13. The van der Waals surface area contributed by atoms with Crippen LogP contribution in [0.5, 0.6) is 0 Å². The summed E-state index contributed by atoms with van der Waals surface area (Å²) in [6.45, 7) is 1.81. The molecule has 1 aliphatic heterocycles. The number of rotatable bonds is 1. The summed E-state index contributed by atoms with van der Waals surface area (Å²) < 4.78 is 0. The molecule has 1 aliphatic rings. The molecule has 1 aromatic rings. The highest BCUT2D eigenvalue weighted by Crippen LogP contribution is 2.22. The topological polar surface area (TPSA) is 58.2 Å². The molecule has 15 heavy (non-hydrogen) atoms. The van der Waals surface area contributed by atoms with Crippen molar-refractivity contribution in [3.8, 4) is 0 Å². The second kappa shape index (κ2) is 3.38. The van der Waals surface area contributed by atoms with Crippen molar-refractivity contribution in [1.29, 1.82) is 0 Å². The number of carbonyl (C=O) groups excluding carboxylic acids is 2. The van der Waals surface area contributed by atoms with Crippen LogP contribution < -0.4 is 10.6 Å². The molecule has 0 bridgehead atoms. The Bertz CT molecular complexity index is 402. The van der Waals surface area contributed by atoms with E-state index in [2.05, 4.69) is 10.6 Å². The number of ketones is 1. The zero-order valence-electron chi connectivity index (χ0n) is 8.41. The highest BCUT2D eigenvalue weighted by molar-refractivity contribution is 5.99. The van der Waals surface area contributed by atoms with Crippen LogP contribution in [0.2, 0.25) is 0 Å². The highest BCUT2D eigenvalue weighted by Gasteiger charge is 2.39. The Hall–Kier alpha value is -1.84. The van der Waals surface area contributed by atoms with Crippen LogP contribution in [0.3, 0.4) is 0 Å². The number of nitrogens with one attached hydrogen (secondary N) is 2. The molecule has 1 atom stereocenters. The molecule has 0 aliphatic carbocycles. The first-order valence-corrected chi connectivity index (χ1v) is 4.78. The van der Waals surface area contributed by atoms with E-state index < -0.39 is 5.54 Å². The Morgan fingerprint density at radius 1 is 1.20 bits per heavy atom. The second-order valence-corrected chi connectivity index (χ2v) is 3.72. The molecule has 0 radical (unpaired) electrons. The van der Waals surface area contributed by atoms with Gasteiger partial charge in [0.1, 0.15) is 5.54 Å². The van der Waals surface area contributed by atoms with E-state index in [0.717, 1.165) is 5.56 Å². The van der Waals surface area contributed by atoms with Gasteiger partial charge in [0, 0.05) is 0 Å². The van der Waals surface area contributed by atoms with E-state index >= 15 is 0 Å². The molecular weight excluding hydrogens is 192 g/mol. The number of carbonyl (C=O) groups is 2. The van der Waals surface area contributed by atoms with Crippen molar-refractivity contribution in [2.45, 2.75) is 12.5 Å². The third-order valence-corrected chi connectivity index (χ3v) is 2.68. The first-order valence-electron chi connectivity index (χ1n) is 4.78. The Kier molecular flexibility index (Phi) is 2.19. The average Bonchev–Trinajstić information content (AvgIpc) is 2.25. The van der Waals surface area contributed by atoms with Gasteiger partial charge in [0.25, 0.3) is 0 Å². The number of amides is 2. The van der Waals surface area contributed by atoms with Gasteiger partial charge in [-0.2, -0.15) is 0 Å². The lowest BCUT2D eigenvalue weighted by atomic mass is 9.86. The molecule has 0 aromatic heterocycles. The maximum Gasteiger partial charge on any atom is 0.316 e. The van der Waals surface area contributed by atoms with Crippen molar-refractivity contribution in [3.05, 3.63) is 35.9 Å². The van der Waals surface area contributed by atoms with Gasteiger partial charge in [-0.1, -0.05) is 30.3 Å². The summed E-state index contributed by atoms with van der Waals surface area (Å²) in [4.78, 5) is 23.0. The number of benzene rings is 1. The fourth-order valence-electron chi connectivity index (χ4n) is 1.68. The van der Waals surface area contributed by atoms with E-state index in [0.29, 0.717) is 0 Å². The van der Waals surface area contributed by atoms with Crippen molar-refractivity contribution in [1.82, 2.24) is 10.6 Å². The Labute approximate surface area is 87.7 Å². The van der Waals surface area contributed by atoms with Crippen molar-refractivity contribution < 1.29 is 9.59 Å². The summed E-state index contributed by atoms with van der Waals surface area (Å²) in [5, 5.41) is 5.12. The van der Waals surface area contributed by atoms with E-state index in [1.807, 2.05) is 30.3 Å². The van der Waals surface area contributed by atoms with Crippen LogP contribution in [0.15, 0.2) is 30.3 Å². The molecule has 2 rings (SSSR count). The van der Waals surface area contributed by atoms with Crippen LogP contribution in [0, 0.1) is 0 Å². The maximum atomic E-state index is 11.8. The summed E-state index contributed by atoms with van der Waals surface area (Å²) in [6, 6.07) is 8.94. The SMILES string of the molecule is CC1(c2ccccc2)NC(=O)NCC1=O. The van der Waals surface area contributed by atoms with Gasteiger partial charge in [-0.25, -0.2) is 4.79 Å². The Balaban J connectivity index is 2.40. The lowest BCUT2D eigenvalue weighted by Crippen LogP contribution is -2.61. The minimum absolute atomic E-state index is 0.0340. The molecule has 4 heteroatoms. The Morgan fingerprint density at radius 3 is 2.53 bits per heavy atom. The molecule has 1 heterocycles. The van der Waals surface area contributed by atoms with Gasteiger partial charge in [0.2, 0.25) is 0 Å². The summed E-state index contributed by atoms with van der Waals surface area (Å²) >= 11 is 0. The molecule has 1 unspecified atom stereocenters. The van der Waals surface area contributed by atoms with E-state index in [-0.39, 0.29) is 18.4 Å². The zero-order valence-corrected chi connectivity index (χ0v) is 8.41. The molecule has 0 saturated carbocycles. The van der Waals surface area contributed by atoms with Gasteiger partial charge in [-0.3, -0.25) is 4.79 Å². The lowest BCUT2D eigenvalue weighted by molar-refractivity contribution is -0.124. The molecule has 2 N–H and O–H groups in total. The van der Waals surface area contributed by atoms with E-state index in [1.54, 1.807) is 6.92 Å². The van der Waals surface area contributed by atoms with Crippen molar-refractivity contribution >= 4 is 11.8 Å². The smallest absolute Gasteiger partial charge is 0.316 e. The normalized spacial score (nSPS) is 25.7. The molecule has 0 spiro atoms. The number of hydrogen-bond acceptors (Lipinski definition) is 2. The van der Waals surface area contributed by atoms with Gasteiger partial charge >= 0.3 is 6.03 Å². The largest absolute Gasteiger partial charge is 0.331 e. The monoisotopic (exact) mass is 204 g/mol. The summed E-state index contributed by atoms with van der Waals surface area (Å²) in [7, 11) is 0. The standard InChI is InChI=1S/C11H12N2O2/c1-11(8-5-3-2-4-6-8)9(14)7-12-10(15)13-11/h2-6H,7H2,1H3,(H2,12,13,15). The van der Waals surface area contributed by atoms with E-state index in [1.165, 1.54) is 0 Å². The number of Topliss-reactive ketones (excluding diaryl/α,β-unsaturated/α-hetero) is 1. The molecule has 1 fully saturated rings. The molecule has 1 aromatic carbocycles. The lowest BCUT2D eigenvalue weighted by Gasteiger charge is -2.33. The molecule has 2 amide bonds. The second-order valence-electron chi connectivity index (χ2n) is 3.72. The van der Waals surface area contributed by atoms with E-state index in [4.69, 9.17) is 0 Å². The minimum Gasteiger partial charge on any atom is -0.331 e. The van der Waals surface area contributed by atoms with Crippen LogP contribution >= 0.6 is 0 Å². The predicted molar refractivity (Wildman–Crippen MR) is 55.3 cm³/mol. The van der Waals surface area contributed by atoms with Gasteiger partial charge < -0.3 is 10.6 Å². The molecule has 4 nitrogen and oxygen atoms in total. The predicted octanol–water partition coefficient (Wildman–Crippen LogP) is 0.784. The Morgan fingerprint density at radius 2 is 1.87 bits per heavy atom. The van der Waals surface area contributed by atoms with Crippen molar-refractivity contribution in [2.75, 3.05) is 6.54 Å². The maximum absolute atomic E-state index is 11.8. The molecule has 1 saturated heterocycles. The first kappa shape index (κ1) is 9.71. The molecular formula is C11H12N2O2. The van der Waals surface area contributed by atoms with Gasteiger partial charge in [0.05, 0.1) is 6.54 Å². The summed E-state index contributed by atoms with van der Waals surface area (Å²) in [5.41, 5.74) is -0.0892. The fraction of sp³-hybridized carbons (Fsp3) is 0.273. The van der Waals surface area contributed by atoms with Crippen LogP contribution in [0.25, 0.3) is 0 Å². The van der Waals surface area contributed by atoms with Crippen molar-refractivity contribution in [2.24, 2.45) is 0 Å². The third-order valence-electron chi connectivity index (χ3n) is 2.68. The van der Waals surface area contributed by atoms with Gasteiger partial charge in [-0.15, -0.1) is 0 Å². The average molecular weight is 204 g/mol. The fourth-order valence-corrected chi connectivity index (χ4v) is 1.68. The quantitative estimate of drug-likeness (QED) is 0.710. The zero-order chi connectivity index (χ0) is 10.9.